The van der Waals surface area contributed by atoms with Crippen molar-refractivity contribution in [2.75, 3.05) is 13.1 Å². The van der Waals surface area contributed by atoms with Crippen molar-refractivity contribution in [3.8, 4) is 5.75 Å². The van der Waals surface area contributed by atoms with Gasteiger partial charge in [0.1, 0.15) is 5.75 Å². The molecule has 88 valence electrons. The van der Waals surface area contributed by atoms with Gasteiger partial charge in [0, 0.05) is 6.54 Å². The predicted octanol–water partition coefficient (Wildman–Crippen LogP) is 1.03. The smallest absolute Gasteiger partial charge is 0.255 e. The van der Waals surface area contributed by atoms with Gasteiger partial charge < -0.3 is 16.2 Å². The van der Waals surface area contributed by atoms with Crippen LogP contribution in [0.1, 0.15) is 22.8 Å². The number of carbonyl (C=O) groups is 1. The van der Waals surface area contributed by atoms with E-state index in [4.69, 9.17) is 5.73 Å². The van der Waals surface area contributed by atoms with Crippen LogP contribution >= 0.6 is 0 Å². The second-order valence-electron chi connectivity index (χ2n) is 4.02. The lowest BCUT2D eigenvalue weighted by Crippen LogP contribution is -2.31. The number of aromatic hydroxyl groups is 1. The lowest BCUT2D eigenvalue weighted by atomic mass is 10.1. The topological polar surface area (TPSA) is 75.4 Å². The van der Waals surface area contributed by atoms with E-state index in [9.17, 15) is 9.90 Å². The summed E-state index contributed by atoms with van der Waals surface area (Å²) in [5, 5.41) is 12.4. The molecule has 1 aromatic rings. The van der Waals surface area contributed by atoms with Gasteiger partial charge in [0.05, 0.1) is 5.56 Å². The molecule has 1 atom stereocenters. The van der Waals surface area contributed by atoms with E-state index in [0.29, 0.717) is 24.2 Å². The van der Waals surface area contributed by atoms with Gasteiger partial charge in [0.15, 0.2) is 0 Å². The second-order valence-corrected chi connectivity index (χ2v) is 4.02. The van der Waals surface area contributed by atoms with Crippen molar-refractivity contribution in [3.05, 3.63) is 29.3 Å². The van der Waals surface area contributed by atoms with Gasteiger partial charge in [-0.3, -0.25) is 4.79 Å². The van der Waals surface area contributed by atoms with Crippen LogP contribution in [-0.2, 0) is 0 Å². The van der Waals surface area contributed by atoms with Crippen molar-refractivity contribution in [3.63, 3.8) is 0 Å². The van der Waals surface area contributed by atoms with Crippen LogP contribution in [0, 0.1) is 12.8 Å². The van der Waals surface area contributed by atoms with Crippen LogP contribution in [0.5, 0.6) is 5.75 Å². The van der Waals surface area contributed by atoms with Crippen molar-refractivity contribution >= 4 is 5.91 Å². The first-order valence-electron chi connectivity index (χ1n) is 5.33. The van der Waals surface area contributed by atoms with Crippen molar-refractivity contribution in [2.45, 2.75) is 13.8 Å². The van der Waals surface area contributed by atoms with Gasteiger partial charge in [0.2, 0.25) is 0 Å². The largest absolute Gasteiger partial charge is 0.507 e. The van der Waals surface area contributed by atoms with E-state index in [1.54, 1.807) is 25.1 Å². The zero-order valence-corrected chi connectivity index (χ0v) is 9.66. The lowest BCUT2D eigenvalue weighted by molar-refractivity contribution is 0.0946. The number of amides is 1. The van der Waals surface area contributed by atoms with E-state index in [0.717, 1.165) is 0 Å². The highest BCUT2D eigenvalue weighted by Crippen LogP contribution is 2.20. The molecule has 0 aliphatic heterocycles. The molecular weight excluding hydrogens is 204 g/mol. The summed E-state index contributed by atoms with van der Waals surface area (Å²) in [4.78, 5) is 11.7. The van der Waals surface area contributed by atoms with Gasteiger partial charge in [-0.1, -0.05) is 19.1 Å². The zero-order valence-electron chi connectivity index (χ0n) is 9.66. The number of para-hydroxylation sites is 1. The standard InChI is InChI=1S/C12H18N2O2/c1-8(6-13)7-14-12(16)10-5-3-4-9(2)11(10)15/h3-5,8,15H,6-7,13H2,1-2H3,(H,14,16). The van der Waals surface area contributed by atoms with E-state index in [1.165, 1.54) is 0 Å². The van der Waals surface area contributed by atoms with Crippen LogP contribution in [0.2, 0.25) is 0 Å². The molecule has 1 aromatic carbocycles. The Labute approximate surface area is 95.5 Å². The normalized spacial score (nSPS) is 12.2. The molecule has 0 saturated heterocycles. The molecule has 0 heterocycles. The van der Waals surface area contributed by atoms with E-state index in [2.05, 4.69) is 5.32 Å². The number of phenols is 1. The quantitative estimate of drug-likeness (QED) is 0.712. The minimum absolute atomic E-state index is 0.0420. The molecule has 0 aromatic heterocycles. The Morgan fingerprint density at radius 1 is 1.56 bits per heavy atom. The molecule has 1 rings (SSSR count). The Balaban J connectivity index is 2.70. The summed E-state index contributed by atoms with van der Waals surface area (Å²) in [6.45, 7) is 4.76. The summed E-state index contributed by atoms with van der Waals surface area (Å²) in [6, 6.07) is 5.11. The number of hydrogen-bond donors (Lipinski definition) is 3. The SMILES string of the molecule is Cc1cccc(C(=O)NCC(C)CN)c1O. The van der Waals surface area contributed by atoms with E-state index in [1.807, 2.05) is 6.92 Å². The van der Waals surface area contributed by atoms with E-state index < -0.39 is 0 Å². The van der Waals surface area contributed by atoms with Crippen molar-refractivity contribution in [1.29, 1.82) is 0 Å². The Bertz CT molecular complexity index is 377. The molecule has 4 nitrogen and oxygen atoms in total. The maximum atomic E-state index is 11.7. The van der Waals surface area contributed by atoms with Gasteiger partial charge in [-0.25, -0.2) is 0 Å². The second kappa shape index (κ2) is 5.51. The van der Waals surface area contributed by atoms with E-state index >= 15 is 0 Å². The minimum Gasteiger partial charge on any atom is -0.507 e. The number of carbonyl (C=O) groups excluding carboxylic acids is 1. The maximum Gasteiger partial charge on any atom is 0.255 e. The molecule has 0 saturated carbocycles. The predicted molar refractivity (Wildman–Crippen MR) is 63.4 cm³/mol. The molecule has 0 bridgehead atoms. The summed E-state index contributed by atoms with van der Waals surface area (Å²) in [6.07, 6.45) is 0. The van der Waals surface area contributed by atoms with Gasteiger partial charge >= 0.3 is 0 Å². The van der Waals surface area contributed by atoms with Crippen molar-refractivity contribution < 1.29 is 9.90 Å². The van der Waals surface area contributed by atoms with Crippen LogP contribution in [-0.4, -0.2) is 24.1 Å². The number of aryl methyl sites for hydroxylation is 1. The van der Waals surface area contributed by atoms with E-state index in [-0.39, 0.29) is 17.6 Å². The zero-order chi connectivity index (χ0) is 12.1. The summed E-state index contributed by atoms with van der Waals surface area (Å²) < 4.78 is 0. The van der Waals surface area contributed by atoms with Crippen LogP contribution in [0.4, 0.5) is 0 Å². The first-order valence-corrected chi connectivity index (χ1v) is 5.33. The number of phenolic OH excluding ortho intramolecular Hbond substituents is 1. The Morgan fingerprint density at radius 3 is 2.88 bits per heavy atom. The van der Waals surface area contributed by atoms with Crippen molar-refractivity contribution in [1.82, 2.24) is 5.32 Å². The van der Waals surface area contributed by atoms with Crippen LogP contribution < -0.4 is 11.1 Å². The molecule has 0 aliphatic carbocycles. The third-order valence-electron chi connectivity index (χ3n) is 2.50. The fourth-order valence-electron chi connectivity index (χ4n) is 1.29. The van der Waals surface area contributed by atoms with Gasteiger partial charge in [-0.2, -0.15) is 0 Å². The molecule has 4 heteroatoms. The molecule has 0 aliphatic rings. The summed E-state index contributed by atoms with van der Waals surface area (Å²) >= 11 is 0. The number of rotatable bonds is 4. The third kappa shape index (κ3) is 2.97. The van der Waals surface area contributed by atoms with Gasteiger partial charge in [0.25, 0.3) is 5.91 Å². The molecule has 1 amide bonds. The number of nitrogens with two attached hydrogens (primary N) is 1. The first-order chi connectivity index (χ1) is 7.56. The summed E-state index contributed by atoms with van der Waals surface area (Å²) in [5.41, 5.74) is 6.45. The maximum absolute atomic E-state index is 11.7. The molecule has 0 spiro atoms. The Hall–Kier alpha value is -1.55. The van der Waals surface area contributed by atoms with Gasteiger partial charge in [-0.05, 0) is 31.0 Å². The highest BCUT2D eigenvalue weighted by Gasteiger charge is 2.12. The van der Waals surface area contributed by atoms with Crippen LogP contribution in [0.3, 0.4) is 0 Å². The fourth-order valence-corrected chi connectivity index (χ4v) is 1.29. The van der Waals surface area contributed by atoms with Crippen molar-refractivity contribution in [2.24, 2.45) is 11.7 Å². The Morgan fingerprint density at radius 2 is 2.25 bits per heavy atom. The minimum atomic E-state index is -0.262. The average molecular weight is 222 g/mol. The number of hydrogen-bond acceptors (Lipinski definition) is 3. The number of benzene rings is 1. The monoisotopic (exact) mass is 222 g/mol. The van der Waals surface area contributed by atoms with Crippen LogP contribution in [0.25, 0.3) is 0 Å². The number of nitrogens with one attached hydrogen (secondary N) is 1. The third-order valence-corrected chi connectivity index (χ3v) is 2.50. The molecule has 1 unspecified atom stereocenters. The Kier molecular flexibility index (Phi) is 4.31. The molecule has 16 heavy (non-hydrogen) atoms. The average Bonchev–Trinajstić information content (AvgIpc) is 2.29. The van der Waals surface area contributed by atoms with Crippen LogP contribution in [0.15, 0.2) is 18.2 Å². The molecule has 0 radical (unpaired) electrons. The fraction of sp³-hybridized carbons (Fsp3) is 0.417. The highest BCUT2D eigenvalue weighted by atomic mass is 16.3. The molecule has 0 fully saturated rings. The summed E-state index contributed by atoms with van der Waals surface area (Å²) in [7, 11) is 0. The first kappa shape index (κ1) is 12.5. The highest BCUT2D eigenvalue weighted by molar-refractivity contribution is 5.97. The lowest BCUT2D eigenvalue weighted by Gasteiger charge is -2.11. The van der Waals surface area contributed by atoms with Gasteiger partial charge in [-0.15, -0.1) is 0 Å². The summed E-state index contributed by atoms with van der Waals surface area (Å²) in [5.74, 6) is 0.0119. The molecular formula is C12H18N2O2. The molecule has 4 N–H and O–H groups in total.